The van der Waals surface area contributed by atoms with E-state index < -0.39 is 0 Å². The summed E-state index contributed by atoms with van der Waals surface area (Å²) in [6.07, 6.45) is 1.81. The average Bonchev–Trinajstić information content (AvgIpc) is 3.29. The van der Waals surface area contributed by atoms with Crippen LogP contribution < -0.4 is 5.32 Å². The lowest BCUT2D eigenvalue weighted by Crippen LogP contribution is -2.48. The third kappa shape index (κ3) is 2.08. The molecule has 2 aromatic rings. The van der Waals surface area contributed by atoms with E-state index in [-0.39, 0.29) is 24.2 Å². The van der Waals surface area contributed by atoms with E-state index in [9.17, 15) is 9.90 Å². The van der Waals surface area contributed by atoms with Gasteiger partial charge in [-0.25, -0.2) is 4.79 Å². The van der Waals surface area contributed by atoms with Gasteiger partial charge in [-0.2, -0.15) is 0 Å². The summed E-state index contributed by atoms with van der Waals surface area (Å²) < 4.78 is 5.98. The highest BCUT2D eigenvalue weighted by atomic mass is 16.3. The van der Waals surface area contributed by atoms with Crippen molar-refractivity contribution in [1.82, 2.24) is 10.2 Å². The fraction of sp³-hybridized carbons (Fsp3) is 0.550. The number of fused-ring (bicyclic) bond motifs is 2. The Labute approximate surface area is 147 Å². The second kappa shape index (κ2) is 5.24. The number of hydrogen-bond acceptors (Lipinski definition) is 3. The Hall–Kier alpha value is -2.01. The molecular formula is C20H24N2O3. The maximum Gasteiger partial charge on any atom is 0.318 e. The van der Waals surface area contributed by atoms with E-state index in [0.29, 0.717) is 17.8 Å². The number of furan rings is 1. The Morgan fingerprint density at radius 3 is 2.88 bits per heavy atom. The number of urea groups is 1. The lowest BCUT2D eigenvalue weighted by atomic mass is 9.88. The quantitative estimate of drug-likeness (QED) is 0.882. The molecule has 2 bridgehead atoms. The van der Waals surface area contributed by atoms with Crippen LogP contribution in [0.4, 0.5) is 4.79 Å². The highest BCUT2D eigenvalue weighted by molar-refractivity contribution is 5.82. The van der Waals surface area contributed by atoms with E-state index in [4.69, 9.17) is 4.42 Å². The van der Waals surface area contributed by atoms with E-state index >= 15 is 0 Å². The number of carbonyl (C=O) groups is 1. The lowest BCUT2D eigenvalue weighted by molar-refractivity contribution is 0.0604. The number of rotatable bonds is 2. The number of aliphatic hydroxyl groups is 1. The van der Waals surface area contributed by atoms with Gasteiger partial charge in [-0.1, -0.05) is 18.2 Å². The third-order valence-corrected chi connectivity index (χ3v) is 6.72. The van der Waals surface area contributed by atoms with Crippen molar-refractivity contribution < 1.29 is 14.3 Å². The van der Waals surface area contributed by atoms with Crippen LogP contribution in [0.25, 0.3) is 11.0 Å². The number of benzene rings is 1. The Balaban J connectivity index is 1.36. The number of aliphatic hydroxyl groups excluding tert-OH is 1. The van der Waals surface area contributed by atoms with Crippen molar-refractivity contribution in [2.24, 2.45) is 17.8 Å². The number of carbonyl (C=O) groups excluding carboxylic acids is 1. The van der Waals surface area contributed by atoms with Crippen LogP contribution in [0.15, 0.2) is 28.7 Å². The van der Waals surface area contributed by atoms with Crippen molar-refractivity contribution >= 4 is 17.0 Å². The number of hydrogen-bond donors (Lipinski definition) is 2. The van der Waals surface area contributed by atoms with Crippen molar-refractivity contribution in [1.29, 1.82) is 0 Å². The average molecular weight is 340 g/mol. The summed E-state index contributed by atoms with van der Waals surface area (Å²) in [6, 6.07) is 7.67. The van der Waals surface area contributed by atoms with E-state index in [1.165, 1.54) is 0 Å². The predicted molar refractivity (Wildman–Crippen MR) is 94.1 cm³/mol. The first-order chi connectivity index (χ1) is 12.0. The van der Waals surface area contributed by atoms with Gasteiger partial charge in [-0.3, -0.25) is 0 Å². The minimum Gasteiger partial charge on any atom is -0.459 e. The minimum absolute atomic E-state index is 0.00715. The van der Waals surface area contributed by atoms with Crippen molar-refractivity contribution in [2.75, 3.05) is 6.54 Å². The number of nitrogens with one attached hydrogen (secondary N) is 1. The number of nitrogens with zero attached hydrogens (tertiary/aromatic N) is 1. The first-order valence-electron chi connectivity index (χ1n) is 9.28. The van der Waals surface area contributed by atoms with Gasteiger partial charge in [0.15, 0.2) is 0 Å². The summed E-state index contributed by atoms with van der Waals surface area (Å²) in [5, 5.41) is 14.7. The van der Waals surface area contributed by atoms with Crippen molar-refractivity contribution in [2.45, 2.75) is 44.9 Å². The van der Waals surface area contributed by atoms with Gasteiger partial charge < -0.3 is 19.7 Å². The highest BCUT2D eigenvalue weighted by Gasteiger charge is 2.60. The van der Waals surface area contributed by atoms with Crippen LogP contribution in [0.5, 0.6) is 0 Å². The second-order valence-corrected chi connectivity index (χ2v) is 8.05. The Bertz CT molecular complexity index is 843. The van der Waals surface area contributed by atoms with Gasteiger partial charge in [-0.05, 0) is 50.5 Å². The highest BCUT2D eigenvalue weighted by Crippen LogP contribution is 2.54. The molecule has 0 unspecified atom stereocenters. The number of para-hydroxylation sites is 1. The molecular weight excluding hydrogens is 316 g/mol. The first-order valence-corrected chi connectivity index (χ1v) is 9.28. The van der Waals surface area contributed by atoms with Gasteiger partial charge in [0.25, 0.3) is 0 Å². The van der Waals surface area contributed by atoms with Crippen LogP contribution in [0.1, 0.15) is 37.1 Å². The van der Waals surface area contributed by atoms with Crippen LogP contribution >= 0.6 is 0 Å². The molecule has 1 saturated heterocycles. The second-order valence-electron chi connectivity index (χ2n) is 8.05. The largest absolute Gasteiger partial charge is 0.459 e. The molecule has 25 heavy (non-hydrogen) atoms. The zero-order valence-electron chi connectivity index (χ0n) is 14.6. The van der Waals surface area contributed by atoms with E-state index in [0.717, 1.165) is 41.7 Å². The van der Waals surface area contributed by atoms with Crippen LogP contribution in [0.2, 0.25) is 0 Å². The molecule has 5 heteroatoms. The van der Waals surface area contributed by atoms with Crippen LogP contribution in [0, 0.1) is 24.7 Å². The van der Waals surface area contributed by atoms with Crippen molar-refractivity contribution in [3.8, 4) is 0 Å². The third-order valence-electron chi connectivity index (χ3n) is 6.72. The van der Waals surface area contributed by atoms with E-state index in [1.807, 2.05) is 43.0 Å². The zero-order chi connectivity index (χ0) is 17.3. The SMILES string of the molecule is Cc1c([C@H](C)NC(=O)N2C[C@@H]3C[C@H]4C[C@H]3[C@H]2[C@H]4O)oc2ccccc12. The van der Waals surface area contributed by atoms with Gasteiger partial charge >= 0.3 is 6.03 Å². The molecule has 3 aliphatic rings. The van der Waals surface area contributed by atoms with Gasteiger partial charge in [-0.15, -0.1) is 0 Å². The van der Waals surface area contributed by atoms with Crippen LogP contribution in [-0.2, 0) is 0 Å². The maximum atomic E-state index is 12.9. The van der Waals surface area contributed by atoms with E-state index in [2.05, 4.69) is 5.32 Å². The summed E-state index contributed by atoms with van der Waals surface area (Å²) in [4.78, 5) is 14.7. The summed E-state index contributed by atoms with van der Waals surface area (Å²) in [6.45, 7) is 4.77. The number of aryl methyl sites for hydroxylation is 1. The summed E-state index contributed by atoms with van der Waals surface area (Å²) in [5.41, 5.74) is 1.93. The Morgan fingerprint density at radius 1 is 1.32 bits per heavy atom. The fourth-order valence-corrected chi connectivity index (χ4v) is 5.59. The van der Waals surface area contributed by atoms with Crippen LogP contribution in [0.3, 0.4) is 0 Å². The molecule has 5 rings (SSSR count). The van der Waals surface area contributed by atoms with Gasteiger partial charge in [0.1, 0.15) is 11.3 Å². The molecule has 2 heterocycles. The normalized spacial score (nSPS) is 34.0. The lowest BCUT2D eigenvalue weighted by Gasteiger charge is -2.29. The molecule has 132 valence electrons. The van der Waals surface area contributed by atoms with Crippen molar-refractivity contribution in [3.05, 3.63) is 35.6 Å². The molecule has 0 radical (unpaired) electrons. The molecule has 1 aliphatic heterocycles. The smallest absolute Gasteiger partial charge is 0.318 e. The number of amides is 2. The van der Waals surface area contributed by atoms with Crippen LogP contribution in [-0.4, -0.2) is 34.7 Å². The topological polar surface area (TPSA) is 65.7 Å². The molecule has 1 aromatic heterocycles. The summed E-state index contributed by atoms with van der Waals surface area (Å²) in [5.74, 6) is 2.27. The van der Waals surface area contributed by atoms with Crippen molar-refractivity contribution in [3.63, 3.8) is 0 Å². The Kier molecular flexibility index (Phi) is 3.20. The first kappa shape index (κ1) is 15.3. The molecule has 2 N–H and O–H groups in total. The van der Waals surface area contributed by atoms with Gasteiger partial charge in [0, 0.05) is 17.5 Å². The monoisotopic (exact) mass is 340 g/mol. The maximum absolute atomic E-state index is 12.9. The molecule has 2 aliphatic carbocycles. The van der Waals surface area contributed by atoms with Gasteiger partial charge in [0.2, 0.25) is 0 Å². The molecule has 2 amide bonds. The zero-order valence-corrected chi connectivity index (χ0v) is 14.6. The molecule has 6 atom stereocenters. The molecule has 1 aromatic carbocycles. The summed E-state index contributed by atoms with van der Waals surface area (Å²) >= 11 is 0. The Morgan fingerprint density at radius 2 is 2.12 bits per heavy atom. The fourth-order valence-electron chi connectivity index (χ4n) is 5.59. The molecule has 3 fully saturated rings. The van der Waals surface area contributed by atoms with E-state index in [1.54, 1.807) is 0 Å². The molecule has 2 saturated carbocycles. The molecule has 5 nitrogen and oxygen atoms in total. The minimum atomic E-state index is -0.349. The summed E-state index contributed by atoms with van der Waals surface area (Å²) in [7, 11) is 0. The standard InChI is InChI=1S/C20H24N2O3/c1-10-14-5-3-4-6-16(14)25-19(10)11(2)21-20(24)22-9-13-7-12-8-15(13)17(22)18(12)23/h3-6,11-13,15,17-18,23H,7-9H2,1-2H3,(H,21,24)/t11-,12-,13-,15+,17-,18-/m0/s1. The predicted octanol–water partition coefficient (Wildman–Crippen LogP) is 3.21. The molecule has 0 spiro atoms. The van der Waals surface area contributed by atoms with Gasteiger partial charge in [0.05, 0.1) is 18.2 Å². The number of likely N-dealkylation sites (tertiary alicyclic amines) is 1.